The van der Waals surface area contributed by atoms with Crippen LogP contribution in [0.2, 0.25) is 5.02 Å². The number of anilines is 1. The van der Waals surface area contributed by atoms with Crippen molar-refractivity contribution in [2.24, 2.45) is 0 Å². The molecule has 2 N–H and O–H groups in total. The fraction of sp³-hybridized carbons (Fsp3) is 0.136. The van der Waals surface area contributed by atoms with Gasteiger partial charge in [0.05, 0.1) is 23.4 Å². The van der Waals surface area contributed by atoms with Gasteiger partial charge in [-0.2, -0.15) is 0 Å². The summed E-state index contributed by atoms with van der Waals surface area (Å²) in [6.45, 7) is -0.0420. The van der Waals surface area contributed by atoms with Gasteiger partial charge in [-0.1, -0.05) is 33.6 Å². The van der Waals surface area contributed by atoms with Gasteiger partial charge in [0, 0.05) is 10.0 Å². The minimum Gasteiger partial charge on any atom is -0.505 e. The summed E-state index contributed by atoms with van der Waals surface area (Å²) in [7, 11) is -2.99. The normalized spacial score (nSPS) is 15.1. The van der Waals surface area contributed by atoms with Crippen LogP contribution in [0, 0.1) is 0 Å². The number of fused-ring (bicyclic) bond motifs is 6. The first-order valence-electron chi connectivity index (χ1n) is 9.53. The number of halogens is 2. The van der Waals surface area contributed by atoms with E-state index in [-0.39, 0.29) is 35.2 Å². The topological polar surface area (TPSA) is 111 Å². The average molecular weight is 555 g/mol. The van der Waals surface area contributed by atoms with Crippen LogP contribution in [0.5, 0.6) is 17.2 Å². The van der Waals surface area contributed by atoms with Gasteiger partial charge in [-0.25, -0.2) is 13.2 Å². The van der Waals surface area contributed by atoms with Crippen molar-refractivity contribution in [3.8, 4) is 28.4 Å². The molecule has 0 aliphatic carbocycles. The first-order chi connectivity index (χ1) is 15.7. The fourth-order valence-corrected chi connectivity index (χ4v) is 5.12. The number of benzene rings is 3. The number of rotatable bonds is 1. The third-order valence-corrected chi connectivity index (χ3v) is 6.98. The lowest BCUT2D eigenvalue weighted by Crippen LogP contribution is -2.16. The summed E-state index contributed by atoms with van der Waals surface area (Å²) in [6.07, 6.45) is 0. The second kappa shape index (κ2) is 9.12. The summed E-state index contributed by atoms with van der Waals surface area (Å²) in [5.74, 6) is -0.770. The Morgan fingerprint density at radius 2 is 1.82 bits per heavy atom. The second-order valence-corrected chi connectivity index (χ2v) is 9.92. The number of esters is 1. The van der Waals surface area contributed by atoms with Crippen LogP contribution in [0.3, 0.4) is 0 Å². The number of nitrogens with one attached hydrogen (secondary N) is 1. The number of phenolic OH excluding ortho intramolecular Hbond substituents is 1. The molecule has 172 valence electrons. The number of carbonyl (C=O) groups excluding carboxylic acids is 1. The van der Waals surface area contributed by atoms with Crippen molar-refractivity contribution in [1.82, 2.24) is 0 Å². The Morgan fingerprint density at radius 1 is 1.06 bits per heavy atom. The van der Waals surface area contributed by atoms with Crippen molar-refractivity contribution in [3.63, 3.8) is 0 Å². The zero-order valence-corrected chi connectivity index (χ0v) is 20.3. The van der Waals surface area contributed by atoms with Crippen molar-refractivity contribution < 1.29 is 32.5 Å². The zero-order valence-electron chi connectivity index (χ0n) is 17.1. The predicted octanol–water partition coefficient (Wildman–Crippen LogP) is 4.83. The van der Waals surface area contributed by atoms with E-state index in [4.69, 9.17) is 25.8 Å². The Bertz CT molecular complexity index is 1360. The average Bonchev–Trinajstić information content (AvgIpc) is 2.78. The van der Waals surface area contributed by atoms with Gasteiger partial charge in [0.2, 0.25) is 0 Å². The van der Waals surface area contributed by atoms with Gasteiger partial charge in [0.15, 0.2) is 5.75 Å². The summed E-state index contributed by atoms with van der Waals surface area (Å²) in [5, 5.41) is 10.0. The molecule has 3 aromatic rings. The number of sulfonamides is 1. The van der Waals surface area contributed by atoms with Crippen molar-refractivity contribution in [3.05, 3.63) is 63.6 Å². The van der Waals surface area contributed by atoms with Crippen LogP contribution in [0.1, 0.15) is 10.4 Å². The molecule has 0 spiro atoms. The van der Waals surface area contributed by atoms with Gasteiger partial charge in [-0.05, 0) is 48.0 Å². The lowest BCUT2D eigenvalue weighted by Gasteiger charge is -2.16. The highest BCUT2D eigenvalue weighted by molar-refractivity contribution is 9.10. The smallest absolute Gasteiger partial charge is 0.338 e. The highest BCUT2D eigenvalue weighted by Crippen LogP contribution is 2.39. The van der Waals surface area contributed by atoms with E-state index in [1.807, 2.05) is 6.07 Å². The van der Waals surface area contributed by atoms with Crippen molar-refractivity contribution in [1.29, 1.82) is 0 Å². The molecule has 4 rings (SSSR count). The van der Waals surface area contributed by atoms with Crippen LogP contribution in [0.4, 0.5) is 5.69 Å². The summed E-state index contributed by atoms with van der Waals surface area (Å²) in [5.41, 5.74) is 1.27. The van der Waals surface area contributed by atoms with Crippen LogP contribution >= 0.6 is 27.5 Å². The Labute approximate surface area is 203 Å². The molecule has 0 saturated carbocycles. The van der Waals surface area contributed by atoms with Crippen LogP contribution < -0.4 is 14.2 Å². The molecule has 0 aromatic heterocycles. The molecule has 33 heavy (non-hydrogen) atoms. The summed E-state index contributed by atoms with van der Waals surface area (Å²) < 4.78 is 45.9. The number of ether oxygens (including phenoxy) is 3. The Kier molecular flexibility index (Phi) is 6.42. The number of cyclic esters (lactones) is 1. The second-order valence-electron chi connectivity index (χ2n) is 6.95. The van der Waals surface area contributed by atoms with Crippen LogP contribution in [0.15, 0.2) is 57.9 Å². The van der Waals surface area contributed by atoms with Crippen LogP contribution in [-0.2, 0) is 14.8 Å². The SMILES string of the molecule is COc1ccc2cc1NS(=O)(=O)c1cc(cc(Cl)c1O)C(=O)OCCOc1ccc(Br)cc1-2. The molecule has 1 aliphatic rings. The Balaban J connectivity index is 1.93. The monoisotopic (exact) mass is 553 g/mol. The number of aromatic hydroxyl groups is 1. The highest BCUT2D eigenvalue weighted by atomic mass is 79.9. The molecule has 1 heterocycles. The van der Waals surface area contributed by atoms with E-state index in [0.29, 0.717) is 16.9 Å². The largest absolute Gasteiger partial charge is 0.505 e. The molecule has 4 bridgehead atoms. The molecule has 0 atom stereocenters. The van der Waals surface area contributed by atoms with Gasteiger partial charge >= 0.3 is 5.97 Å². The highest BCUT2D eigenvalue weighted by Gasteiger charge is 2.26. The minimum absolute atomic E-state index is 0.0542. The van der Waals surface area contributed by atoms with E-state index < -0.39 is 26.6 Å². The molecule has 8 nitrogen and oxygen atoms in total. The molecular formula is C22H17BrClNO7S. The Morgan fingerprint density at radius 3 is 2.58 bits per heavy atom. The maximum Gasteiger partial charge on any atom is 0.338 e. The van der Waals surface area contributed by atoms with E-state index in [2.05, 4.69) is 20.7 Å². The van der Waals surface area contributed by atoms with Crippen LogP contribution in [0.25, 0.3) is 11.1 Å². The van der Waals surface area contributed by atoms with Crippen molar-refractivity contribution in [2.75, 3.05) is 25.0 Å². The van der Waals surface area contributed by atoms with E-state index in [1.165, 1.54) is 7.11 Å². The molecule has 0 amide bonds. The Hall–Kier alpha value is -2.95. The molecule has 0 fully saturated rings. The number of hydrogen-bond donors (Lipinski definition) is 2. The van der Waals surface area contributed by atoms with Gasteiger partial charge in [-0.15, -0.1) is 0 Å². The van der Waals surface area contributed by atoms with Gasteiger partial charge in [0.25, 0.3) is 10.0 Å². The standard InChI is InChI=1S/C22H17BrClNO7S/c1-30-19-4-2-12-9-17(19)25-33(28,29)20-10-13(8-16(24)21(20)26)22(27)32-7-6-31-18-5-3-14(23)11-15(12)18/h2-5,8-11,25-26H,6-7H2,1H3. The number of carbonyl (C=O) groups is 1. The molecular weight excluding hydrogens is 538 g/mol. The first-order valence-corrected chi connectivity index (χ1v) is 12.2. The molecule has 11 heteroatoms. The summed E-state index contributed by atoms with van der Waals surface area (Å²) in [4.78, 5) is 11.9. The third kappa shape index (κ3) is 4.73. The minimum atomic E-state index is -4.38. The molecule has 0 unspecified atom stereocenters. The quantitative estimate of drug-likeness (QED) is 0.414. The lowest BCUT2D eigenvalue weighted by molar-refractivity contribution is 0.0450. The third-order valence-electron chi connectivity index (χ3n) is 4.82. The number of phenols is 1. The van der Waals surface area contributed by atoms with E-state index in [1.54, 1.807) is 30.3 Å². The van der Waals surface area contributed by atoms with Crippen molar-refractivity contribution >= 4 is 49.2 Å². The molecule has 0 radical (unpaired) electrons. The van der Waals surface area contributed by atoms with E-state index >= 15 is 0 Å². The summed E-state index contributed by atoms with van der Waals surface area (Å²) >= 11 is 9.43. The van der Waals surface area contributed by atoms with E-state index in [9.17, 15) is 18.3 Å². The van der Waals surface area contributed by atoms with Gasteiger partial charge in [-0.3, -0.25) is 4.72 Å². The maximum absolute atomic E-state index is 13.2. The molecule has 3 aromatic carbocycles. The first kappa shape index (κ1) is 23.2. The fourth-order valence-electron chi connectivity index (χ4n) is 3.27. The van der Waals surface area contributed by atoms with Crippen molar-refractivity contribution in [2.45, 2.75) is 4.90 Å². The van der Waals surface area contributed by atoms with E-state index in [0.717, 1.165) is 16.6 Å². The molecule has 0 saturated heterocycles. The predicted molar refractivity (Wildman–Crippen MR) is 126 cm³/mol. The van der Waals surface area contributed by atoms with Gasteiger partial charge in [0.1, 0.15) is 29.6 Å². The lowest BCUT2D eigenvalue weighted by atomic mass is 10.0. The number of hydrogen-bond acceptors (Lipinski definition) is 7. The van der Waals surface area contributed by atoms with Gasteiger partial charge < -0.3 is 19.3 Å². The van der Waals surface area contributed by atoms with Crippen LogP contribution in [-0.4, -0.2) is 39.8 Å². The maximum atomic E-state index is 13.2. The molecule has 1 aliphatic heterocycles. The summed E-state index contributed by atoms with van der Waals surface area (Å²) in [6, 6.07) is 12.4. The zero-order chi connectivity index (χ0) is 23.8. The number of methoxy groups -OCH3 is 1.